The van der Waals surface area contributed by atoms with Crippen LogP contribution in [0.15, 0.2) is 30.3 Å². The van der Waals surface area contributed by atoms with E-state index in [9.17, 15) is 0 Å². The molecule has 104 valence electrons. The molecule has 1 aliphatic heterocycles. The topological polar surface area (TPSA) is 29.3 Å². The van der Waals surface area contributed by atoms with Gasteiger partial charge in [-0.2, -0.15) is 0 Å². The van der Waals surface area contributed by atoms with Gasteiger partial charge in [0.05, 0.1) is 4.99 Å². The highest BCUT2D eigenvalue weighted by Gasteiger charge is 2.31. The number of likely N-dealkylation sites (tertiary alicyclic amines) is 1. The fraction of sp³-hybridized carbons (Fsp3) is 0.562. The molecule has 1 fully saturated rings. The van der Waals surface area contributed by atoms with Gasteiger partial charge in [0.25, 0.3) is 0 Å². The Bertz CT molecular complexity index is 418. The lowest BCUT2D eigenvalue weighted by atomic mass is 9.97. The van der Waals surface area contributed by atoms with Crippen LogP contribution in [0.5, 0.6) is 0 Å². The number of hydrogen-bond acceptors (Lipinski definition) is 2. The normalized spacial score (nSPS) is 25.4. The van der Waals surface area contributed by atoms with Gasteiger partial charge in [-0.3, -0.25) is 4.90 Å². The molecule has 0 spiro atoms. The largest absolute Gasteiger partial charge is 0.393 e. The van der Waals surface area contributed by atoms with Gasteiger partial charge in [-0.05, 0) is 31.7 Å². The fourth-order valence-corrected chi connectivity index (χ4v) is 3.36. The highest BCUT2D eigenvalue weighted by Crippen LogP contribution is 2.29. The summed E-state index contributed by atoms with van der Waals surface area (Å²) in [4.78, 5) is 3.21. The molecule has 1 aromatic carbocycles. The van der Waals surface area contributed by atoms with Crippen LogP contribution in [0.25, 0.3) is 0 Å². The van der Waals surface area contributed by atoms with Crippen molar-refractivity contribution in [2.45, 2.75) is 51.1 Å². The van der Waals surface area contributed by atoms with E-state index in [1.54, 1.807) is 0 Å². The molecule has 2 rings (SSSR count). The third-order valence-electron chi connectivity index (χ3n) is 4.36. The van der Waals surface area contributed by atoms with E-state index in [0.29, 0.717) is 17.1 Å². The van der Waals surface area contributed by atoms with E-state index in [1.165, 1.54) is 24.8 Å². The first kappa shape index (κ1) is 14.5. The van der Waals surface area contributed by atoms with Crippen LogP contribution in [0.2, 0.25) is 0 Å². The molecule has 19 heavy (non-hydrogen) atoms. The van der Waals surface area contributed by atoms with Crippen molar-refractivity contribution < 1.29 is 0 Å². The standard InChI is InChI=1S/C16H24N2S/c1-3-14-10-9-12(2)18(14)11-15(16(17)19)13-7-5-4-6-8-13/h4-8,12,14-15H,3,9-11H2,1-2H3,(H2,17,19). The molecule has 0 aromatic heterocycles. The SMILES string of the molecule is CCC1CCC(C)N1CC(C(N)=S)c1ccccc1. The molecule has 3 unspecified atom stereocenters. The molecular weight excluding hydrogens is 252 g/mol. The maximum atomic E-state index is 5.98. The second-order valence-electron chi connectivity index (χ2n) is 5.55. The van der Waals surface area contributed by atoms with Gasteiger partial charge < -0.3 is 5.73 Å². The van der Waals surface area contributed by atoms with Gasteiger partial charge in [-0.15, -0.1) is 0 Å². The number of hydrogen-bond donors (Lipinski definition) is 1. The Hall–Kier alpha value is -0.930. The maximum Gasteiger partial charge on any atom is 0.0816 e. The lowest BCUT2D eigenvalue weighted by Gasteiger charge is -2.31. The van der Waals surface area contributed by atoms with Crippen LogP contribution in [0.3, 0.4) is 0 Å². The molecule has 0 saturated carbocycles. The number of nitrogens with zero attached hydrogens (tertiary/aromatic N) is 1. The van der Waals surface area contributed by atoms with Gasteiger partial charge >= 0.3 is 0 Å². The van der Waals surface area contributed by atoms with Crippen molar-refractivity contribution in [1.82, 2.24) is 4.90 Å². The van der Waals surface area contributed by atoms with Crippen LogP contribution in [0, 0.1) is 0 Å². The van der Waals surface area contributed by atoms with Crippen molar-refractivity contribution in [2.24, 2.45) is 5.73 Å². The van der Waals surface area contributed by atoms with Gasteiger partial charge in [0.15, 0.2) is 0 Å². The van der Waals surface area contributed by atoms with Crippen LogP contribution < -0.4 is 5.73 Å². The predicted molar refractivity (Wildman–Crippen MR) is 85.4 cm³/mol. The van der Waals surface area contributed by atoms with Crippen LogP contribution >= 0.6 is 12.2 Å². The van der Waals surface area contributed by atoms with Crippen molar-refractivity contribution in [3.05, 3.63) is 35.9 Å². The first-order valence-corrected chi connectivity index (χ1v) is 7.64. The van der Waals surface area contributed by atoms with Crippen molar-refractivity contribution in [3.63, 3.8) is 0 Å². The second kappa shape index (κ2) is 6.49. The summed E-state index contributed by atoms with van der Waals surface area (Å²) in [5.41, 5.74) is 7.22. The highest BCUT2D eigenvalue weighted by atomic mass is 32.1. The zero-order chi connectivity index (χ0) is 13.8. The summed E-state index contributed by atoms with van der Waals surface area (Å²) in [7, 11) is 0. The van der Waals surface area contributed by atoms with E-state index >= 15 is 0 Å². The molecule has 3 atom stereocenters. The number of benzene rings is 1. The number of nitrogens with two attached hydrogens (primary N) is 1. The van der Waals surface area contributed by atoms with E-state index in [-0.39, 0.29) is 5.92 Å². The molecule has 1 aliphatic rings. The van der Waals surface area contributed by atoms with E-state index in [2.05, 4.69) is 43.0 Å². The van der Waals surface area contributed by atoms with Gasteiger partial charge in [-0.1, -0.05) is 49.5 Å². The minimum Gasteiger partial charge on any atom is -0.393 e. The van der Waals surface area contributed by atoms with Crippen molar-refractivity contribution in [3.8, 4) is 0 Å². The Balaban J connectivity index is 2.15. The van der Waals surface area contributed by atoms with Gasteiger partial charge in [0.2, 0.25) is 0 Å². The molecule has 2 nitrogen and oxygen atoms in total. The Kier molecular flexibility index (Phi) is 4.94. The molecule has 1 aromatic rings. The van der Waals surface area contributed by atoms with E-state index in [1.807, 2.05) is 6.07 Å². The summed E-state index contributed by atoms with van der Waals surface area (Å²) in [6.45, 7) is 5.55. The van der Waals surface area contributed by atoms with Gasteiger partial charge in [0.1, 0.15) is 0 Å². The molecule has 2 N–H and O–H groups in total. The van der Waals surface area contributed by atoms with Gasteiger partial charge in [-0.25, -0.2) is 0 Å². The third-order valence-corrected chi connectivity index (χ3v) is 4.65. The molecule has 1 saturated heterocycles. The summed E-state index contributed by atoms with van der Waals surface area (Å²) in [6, 6.07) is 11.8. The molecular formula is C16H24N2S. The zero-order valence-electron chi connectivity index (χ0n) is 11.9. The smallest absolute Gasteiger partial charge is 0.0816 e. The minimum absolute atomic E-state index is 0.172. The minimum atomic E-state index is 0.172. The summed E-state index contributed by atoms with van der Waals surface area (Å²) >= 11 is 5.30. The predicted octanol–water partition coefficient (Wildman–Crippen LogP) is 3.32. The Labute approximate surface area is 122 Å². The molecule has 0 aliphatic carbocycles. The Morgan fingerprint density at radius 2 is 2.05 bits per heavy atom. The van der Waals surface area contributed by atoms with E-state index in [0.717, 1.165) is 6.54 Å². The summed E-state index contributed by atoms with van der Waals surface area (Å²) in [5, 5.41) is 0. The molecule has 0 amide bonds. The van der Waals surface area contributed by atoms with Crippen LogP contribution in [0.4, 0.5) is 0 Å². The maximum absolute atomic E-state index is 5.98. The number of thiocarbonyl (C=S) groups is 1. The van der Waals surface area contributed by atoms with Crippen molar-refractivity contribution in [1.29, 1.82) is 0 Å². The van der Waals surface area contributed by atoms with Gasteiger partial charge in [0, 0.05) is 24.5 Å². The molecule has 0 radical (unpaired) electrons. The first-order chi connectivity index (χ1) is 9.13. The lowest BCUT2D eigenvalue weighted by molar-refractivity contribution is 0.197. The van der Waals surface area contributed by atoms with E-state index in [4.69, 9.17) is 18.0 Å². The average molecular weight is 276 g/mol. The Morgan fingerprint density at radius 1 is 1.37 bits per heavy atom. The molecule has 1 heterocycles. The van der Waals surface area contributed by atoms with Crippen LogP contribution in [-0.2, 0) is 0 Å². The summed E-state index contributed by atoms with van der Waals surface area (Å²) in [5.74, 6) is 0.172. The second-order valence-corrected chi connectivity index (χ2v) is 6.02. The van der Waals surface area contributed by atoms with Crippen LogP contribution in [-0.4, -0.2) is 28.5 Å². The fourth-order valence-electron chi connectivity index (χ4n) is 3.15. The quantitative estimate of drug-likeness (QED) is 0.837. The van der Waals surface area contributed by atoms with Crippen molar-refractivity contribution in [2.75, 3.05) is 6.54 Å². The Morgan fingerprint density at radius 3 is 2.63 bits per heavy atom. The number of rotatable bonds is 5. The summed E-state index contributed by atoms with van der Waals surface area (Å²) in [6.07, 6.45) is 3.80. The molecule has 3 heteroatoms. The lowest BCUT2D eigenvalue weighted by Crippen LogP contribution is -2.40. The average Bonchev–Trinajstić information content (AvgIpc) is 2.77. The van der Waals surface area contributed by atoms with Crippen molar-refractivity contribution >= 4 is 17.2 Å². The molecule has 0 bridgehead atoms. The monoisotopic (exact) mass is 276 g/mol. The highest BCUT2D eigenvalue weighted by molar-refractivity contribution is 7.80. The third kappa shape index (κ3) is 3.34. The van der Waals surface area contributed by atoms with E-state index < -0.39 is 0 Å². The summed E-state index contributed by atoms with van der Waals surface area (Å²) < 4.78 is 0. The van der Waals surface area contributed by atoms with Crippen LogP contribution in [0.1, 0.15) is 44.6 Å². The first-order valence-electron chi connectivity index (χ1n) is 7.23. The zero-order valence-corrected chi connectivity index (χ0v) is 12.7.